The van der Waals surface area contributed by atoms with Crippen molar-refractivity contribution in [3.8, 4) is 6.07 Å². The highest BCUT2D eigenvalue weighted by Crippen LogP contribution is 2.06. The highest BCUT2D eigenvalue weighted by atomic mass is 32.1. The van der Waals surface area contributed by atoms with Gasteiger partial charge in [0.2, 0.25) is 5.13 Å². The van der Waals surface area contributed by atoms with Gasteiger partial charge in [0.05, 0.1) is 24.4 Å². The molecule has 0 fully saturated rings. The Labute approximate surface area is 124 Å². The van der Waals surface area contributed by atoms with E-state index in [1.54, 1.807) is 6.21 Å². The number of hydrazone groups is 1. The number of nitrogens with zero attached hydrogens (tertiary/aromatic N) is 4. The third kappa shape index (κ3) is 4.02. The van der Waals surface area contributed by atoms with Crippen LogP contribution >= 0.6 is 11.3 Å². The summed E-state index contributed by atoms with van der Waals surface area (Å²) in [6.07, 6.45) is 1.54. The molecule has 1 heterocycles. The fourth-order valence-electron chi connectivity index (χ4n) is 1.41. The van der Waals surface area contributed by atoms with Crippen molar-refractivity contribution in [1.29, 1.82) is 16.1 Å². The predicted octanol–water partition coefficient (Wildman–Crippen LogP) is 1.75. The molecule has 2 rings (SSSR count). The summed E-state index contributed by atoms with van der Waals surface area (Å²) in [7, 11) is 0. The molecule has 8 heteroatoms. The third-order valence-corrected chi connectivity index (χ3v) is 3.13. The van der Waals surface area contributed by atoms with E-state index in [9.17, 15) is 0 Å². The van der Waals surface area contributed by atoms with Crippen LogP contribution in [0.5, 0.6) is 0 Å². The van der Waals surface area contributed by atoms with Crippen LogP contribution in [0.2, 0.25) is 0 Å². The van der Waals surface area contributed by atoms with Gasteiger partial charge in [0, 0.05) is 0 Å². The first-order valence-electron chi connectivity index (χ1n) is 5.92. The van der Waals surface area contributed by atoms with E-state index in [1.807, 2.05) is 36.4 Å². The highest BCUT2D eigenvalue weighted by Gasteiger charge is 2.08. The summed E-state index contributed by atoms with van der Waals surface area (Å²) in [4.78, 5) is 0. The van der Waals surface area contributed by atoms with Crippen molar-refractivity contribution in [2.75, 3.05) is 5.43 Å². The molecule has 21 heavy (non-hydrogen) atoms. The van der Waals surface area contributed by atoms with Crippen LogP contribution in [-0.2, 0) is 0 Å². The van der Waals surface area contributed by atoms with Gasteiger partial charge in [0.25, 0.3) is 0 Å². The van der Waals surface area contributed by atoms with Gasteiger partial charge in [0.1, 0.15) is 10.4 Å². The van der Waals surface area contributed by atoms with Crippen molar-refractivity contribution in [1.82, 2.24) is 10.2 Å². The maximum Gasteiger partial charge on any atom is 0.226 e. The van der Waals surface area contributed by atoms with Gasteiger partial charge in [-0.25, -0.2) is 0 Å². The molecule has 0 spiro atoms. The SMILES string of the molecule is N#CCC(=N)c1nnc(N/N=C/c2ccccc2)sc1=N. The van der Waals surface area contributed by atoms with Crippen LogP contribution in [0.3, 0.4) is 0 Å². The van der Waals surface area contributed by atoms with Gasteiger partial charge in [-0.2, -0.15) is 10.4 Å². The van der Waals surface area contributed by atoms with Crippen molar-refractivity contribution in [2.45, 2.75) is 6.42 Å². The maximum atomic E-state index is 8.54. The van der Waals surface area contributed by atoms with Gasteiger partial charge in [-0.05, 0) is 5.56 Å². The van der Waals surface area contributed by atoms with E-state index in [1.165, 1.54) is 0 Å². The van der Waals surface area contributed by atoms with Crippen molar-refractivity contribution < 1.29 is 0 Å². The molecule has 104 valence electrons. The van der Waals surface area contributed by atoms with Crippen LogP contribution in [0.25, 0.3) is 0 Å². The van der Waals surface area contributed by atoms with Gasteiger partial charge < -0.3 is 5.41 Å². The molecule has 0 saturated carbocycles. The molecule has 0 amide bonds. The molecule has 0 unspecified atom stereocenters. The number of hydrogen-bond donors (Lipinski definition) is 3. The summed E-state index contributed by atoms with van der Waals surface area (Å²) < 4.78 is 0.0719. The molecular formula is C13H11N7S. The Bertz CT molecular complexity index is 758. The lowest BCUT2D eigenvalue weighted by Gasteiger charge is -2.00. The monoisotopic (exact) mass is 297 g/mol. The number of hydrogen-bond acceptors (Lipinski definition) is 8. The smallest absolute Gasteiger partial charge is 0.226 e. The summed E-state index contributed by atoms with van der Waals surface area (Å²) >= 11 is 1.01. The first kappa shape index (κ1) is 14.5. The van der Waals surface area contributed by atoms with Crippen molar-refractivity contribution in [3.63, 3.8) is 0 Å². The molecule has 1 aromatic carbocycles. The van der Waals surface area contributed by atoms with Crippen LogP contribution in [0, 0.1) is 22.1 Å². The average Bonchev–Trinajstić information content (AvgIpc) is 2.48. The molecule has 0 aliphatic heterocycles. The molecule has 0 aliphatic rings. The second-order valence-corrected chi connectivity index (χ2v) is 4.88. The van der Waals surface area contributed by atoms with Gasteiger partial charge >= 0.3 is 0 Å². The standard InChI is InChI=1S/C13H11N7S/c14-7-6-10(15)11-12(16)21-13(20-18-11)19-17-8-9-4-2-1-3-5-9/h1-5,8,15-16H,6H2,(H,19,20)/b15-10?,16-12?,17-8+. The molecule has 0 bridgehead atoms. The second-order valence-electron chi connectivity index (χ2n) is 3.88. The van der Waals surface area contributed by atoms with Crippen LogP contribution < -0.4 is 10.1 Å². The zero-order valence-electron chi connectivity index (χ0n) is 10.9. The largest absolute Gasteiger partial charge is 0.302 e. The molecule has 0 aliphatic carbocycles. The van der Waals surface area contributed by atoms with Crippen molar-refractivity contribution >= 4 is 28.4 Å². The molecule has 7 nitrogen and oxygen atoms in total. The molecule has 0 radical (unpaired) electrons. The molecule has 0 saturated heterocycles. The number of rotatable bonds is 5. The minimum Gasteiger partial charge on any atom is -0.302 e. The van der Waals surface area contributed by atoms with Crippen LogP contribution in [0.1, 0.15) is 17.7 Å². The lowest BCUT2D eigenvalue weighted by Crippen LogP contribution is -2.16. The maximum absolute atomic E-state index is 8.54. The molecule has 2 aromatic rings. The highest BCUT2D eigenvalue weighted by molar-refractivity contribution is 7.13. The zero-order chi connectivity index (χ0) is 15.1. The van der Waals surface area contributed by atoms with Crippen molar-refractivity contribution in [3.05, 3.63) is 46.3 Å². The summed E-state index contributed by atoms with van der Waals surface area (Å²) in [6.45, 7) is 0. The average molecular weight is 297 g/mol. The Kier molecular flexibility index (Phi) is 4.84. The van der Waals surface area contributed by atoms with E-state index in [0.29, 0.717) is 5.13 Å². The first-order valence-corrected chi connectivity index (χ1v) is 6.73. The molecule has 3 N–H and O–H groups in total. The Morgan fingerprint density at radius 1 is 1.38 bits per heavy atom. The number of nitriles is 1. The van der Waals surface area contributed by atoms with Crippen LogP contribution in [-0.4, -0.2) is 22.1 Å². The summed E-state index contributed by atoms with van der Waals surface area (Å²) in [6, 6.07) is 11.4. The van der Waals surface area contributed by atoms with Gasteiger partial charge in [0.15, 0.2) is 0 Å². The van der Waals surface area contributed by atoms with E-state index in [-0.39, 0.29) is 22.5 Å². The Hall–Kier alpha value is -2.92. The zero-order valence-corrected chi connectivity index (χ0v) is 11.7. The van der Waals surface area contributed by atoms with Gasteiger partial charge in [-0.1, -0.05) is 41.7 Å². The fraction of sp³-hybridized carbons (Fsp3) is 0.0769. The quantitative estimate of drug-likeness (QED) is 0.574. The van der Waals surface area contributed by atoms with Gasteiger partial charge in [-0.3, -0.25) is 10.8 Å². The summed E-state index contributed by atoms with van der Waals surface area (Å²) in [5.74, 6) is 0. The second kappa shape index (κ2) is 7.02. The van der Waals surface area contributed by atoms with Crippen molar-refractivity contribution in [2.24, 2.45) is 5.10 Å². The minimum absolute atomic E-state index is 0.00872. The lowest BCUT2D eigenvalue weighted by molar-refractivity contribution is 1.00. The normalized spacial score (nSPS) is 10.2. The van der Waals surface area contributed by atoms with E-state index >= 15 is 0 Å². The Balaban J connectivity index is 2.08. The lowest BCUT2D eigenvalue weighted by atomic mass is 10.2. The number of nitrogens with one attached hydrogen (secondary N) is 3. The van der Waals surface area contributed by atoms with E-state index in [0.717, 1.165) is 16.9 Å². The van der Waals surface area contributed by atoms with E-state index in [2.05, 4.69) is 20.7 Å². The topological polar surface area (TPSA) is 122 Å². The number of anilines is 1. The van der Waals surface area contributed by atoms with Crippen LogP contribution in [0.15, 0.2) is 35.4 Å². The Morgan fingerprint density at radius 3 is 2.81 bits per heavy atom. The molecule has 1 aromatic heterocycles. The number of aromatic nitrogens is 2. The van der Waals surface area contributed by atoms with Gasteiger partial charge in [-0.15, -0.1) is 10.2 Å². The third-order valence-electron chi connectivity index (χ3n) is 2.37. The number of benzene rings is 1. The van der Waals surface area contributed by atoms with Crippen LogP contribution in [0.4, 0.5) is 5.13 Å². The summed E-state index contributed by atoms with van der Waals surface area (Å²) in [5, 5.41) is 35.9. The summed E-state index contributed by atoms with van der Waals surface area (Å²) in [5.41, 5.74) is 3.74. The predicted molar refractivity (Wildman–Crippen MR) is 80.5 cm³/mol. The minimum atomic E-state index is -0.0911. The fourth-order valence-corrected chi connectivity index (χ4v) is 2.05. The molecular weight excluding hydrogens is 286 g/mol. The Morgan fingerprint density at radius 2 is 2.14 bits per heavy atom. The first-order chi connectivity index (χ1) is 10.2. The van der Waals surface area contributed by atoms with E-state index in [4.69, 9.17) is 16.1 Å². The van der Waals surface area contributed by atoms with E-state index < -0.39 is 0 Å². The molecule has 0 atom stereocenters.